The molecule has 0 amide bonds. The quantitative estimate of drug-likeness (QED) is 0.733. The van der Waals surface area contributed by atoms with Crippen LogP contribution >= 0.6 is 0 Å². The number of fused-ring (bicyclic) bond motifs is 1. The Morgan fingerprint density at radius 1 is 1.43 bits per heavy atom. The Hall–Kier alpha value is -1.18. The van der Waals surface area contributed by atoms with E-state index in [9.17, 15) is 0 Å². The minimum atomic E-state index is 0.559. The molecule has 0 aliphatic carbocycles. The van der Waals surface area contributed by atoms with Crippen molar-refractivity contribution in [2.24, 2.45) is 5.92 Å². The van der Waals surface area contributed by atoms with Gasteiger partial charge >= 0.3 is 0 Å². The maximum Gasteiger partial charge on any atom is 0.126 e. The van der Waals surface area contributed by atoms with Gasteiger partial charge in [-0.2, -0.15) is 0 Å². The Balaban J connectivity index is 2.05. The lowest BCUT2D eigenvalue weighted by Crippen LogP contribution is -2.04. The van der Waals surface area contributed by atoms with Gasteiger partial charge in [0.25, 0.3) is 0 Å². The molecule has 1 aliphatic heterocycles. The molecule has 0 fully saturated rings. The first-order valence-corrected chi connectivity index (χ1v) is 5.14. The van der Waals surface area contributed by atoms with E-state index in [-0.39, 0.29) is 0 Å². The molecule has 0 atom stereocenters. The van der Waals surface area contributed by atoms with E-state index < -0.39 is 0 Å². The normalized spacial score (nSPS) is 13.9. The lowest BCUT2D eigenvalue weighted by molar-refractivity contribution is 0.269. The molecule has 0 radical (unpaired) electrons. The van der Waals surface area contributed by atoms with Crippen molar-refractivity contribution >= 4 is 0 Å². The summed E-state index contributed by atoms with van der Waals surface area (Å²) in [6.07, 6.45) is 1.03. The van der Waals surface area contributed by atoms with Crippen LogP contribution < -0.4 is 9.47 Å². The summed E-state index contributed by atoms with van der Waals surface area (Å²) in [6, 6.07) is 6.11. The zero-order valence-electron chi connectivity index (χ0n) is 8.75. The lowest BCUT2D eigenvalue weighted by atomic mass is 10.1. The first-order valence-electron chi connectivity index (χ1n) is 5.14. The molecule has 2 nitrogen and oxygen atoms in total. The fraction of sp³-hybridized carbons (Fsp3) is 0.500. The van der Waals surface area contributed by atoms with Gasteiger partial charge in [0.1, 0.15) is 11.5 Å². The van der Waals surface area contributed by atoms with Crippen molar-refractivity contribution in [1.29, 1.82) is 0 Å². The number of hydrogen-bond donors (Lipinski definition) is 0. The first kappa shape index (κ1) is 9.38. The van der Waals surface area contributed by atoms with Crippen LogP contribution in [0.1, 0.15) is 19.4 Å². The summed E-state index contributed by atoms with van der Waals surface area (Å²) in [7, 11) is 0. The predicted octanol–water partition coefficient (Wildman–Crippen LogP) is 2.66. The van der Waals surface area contributed by atoms with Crippen LogP contribution in [-0.4, -0.2) is 13.2 Å². The summed E-state index contributed by atoms with van der Waals surface area (Å²) in [4.78, 5) is 0. The molecule has 0 aromatic heterocycles. The smallest absolute Gasteiger partial charge is 0.126 e. The van der Waals surface area contributed by atoms with Crippen LogP contribution in [0.2, 0.25) is 0 Å². The van der Waals surface area contributed by atoms with E-state index in [2.05, 4.69) is 19.9 Å². The van der Waals surface area contributed by atoms with E-state index in [1.807, 2.05) is 12.1 Å². The predicted molar refractivity (Wildman–Crippen MR) is 56.0 cm³/mol. The molecule has 1 aliphatic rings. The van der Waals surface area contributed by atoms with E-state index in [4.69, 9.17) is 9.47 Å². The Morgan fingerprint density at radius 3 is 3.07 bits per heavy atom. The minimum absolute atomic E-state index is 0.559. The van der Waals surface area contributed by atoms with Crippen LogP contribution in [0.4, 0.5) is 0 Å². The molecule has 1 aromatic carbocycles. The van der Waals surface area contributed by atoms with Crippen molar-refractivity contribution in [3.63, 3.8) is 0 Å². The third kappa shape index (κ3) is 2.00. The monoisotopic (exact) mass is 192 g/mol. The van der Waals surface area contributed by atoms with Gasteiger partial charge < -0.3 is 9.47 Å². The van der Waals surface area contributed by atoms with Crippen molar-refractivity contribution in [2.75, 3.05) is 13.2 Å². The third-order valence-corrected chi connectivity index (χ3v) is 2.25. The van der Waals surface area contributed by atoms with E-state index in [0.29, 0.717) is 5.92 Å². The molecule has 0 saturated heterocycles. The van der Waals surface area contributed by atoms with E-state index >= 15 is 0 Å². The van der Waals surface area contributed by atoms with Crippen molar-refractivity contribution in [3.05, 3.63) is 23.8 Å². The highest BCUT2D eigenvalue weighted by Crippen LogP contribution is 2.29. The van der Waals surface area contributed by atoms with Crippen LogP contribution in [0.3, 0.4) is 0 Å². The summed E-state index contributed by atoms with van der Waals surface area (Å²) < 4.78 is 11.1. The molecule has 1 aromatic rings. The van der Waals surface area contributed by atoms with Gasteiger partial charge in [-0.05, 0) is 17.5 Å². The maximum absolute atomic E-state index is 5.61. The molecule has 1 heterocycles. The number of rotatable bonds is 3. The topological polar surface area (TPSA) is 18.5 Å². The molecule has 0 saturated carbocycles. The van der Waals surface area contributed by atoms with Crippen LogP contribution in [0.15, 0.2) is 18.2 Å². The SMILES string of the molecule is CC(C)COc1ccc2c(c1)OCC2. The highest BCUT2D eigenvalue weighted by Gasteiger charge is 2.12. The van der Waals surface area contributed by atoms with Gasteiger partial charge in [-0.15, -0.1) is 0 Å². The van der Waals surface area contributed by atoms with Crippen molar-refractivity contribution in [2.45, 2.75) is 20.3 Å². The van der Waals surface area contributed by atoms with Gasteiger partial charge in [0.15, 0.2) is 0 Å². The Labute approximate surface area is 84.8 Å². The Bertz CT molecular complexity index is 318. The Kier molecular flexibility index (Phi) is 2.62. The van der Waals surface area contributed by atoms with Crippen LogP contribution in [0, 0.1) is 5.92 Å². The summed E-state index contributed by atoms with van der Waals surface area (Å²) in [5, 5.41) is 0. The van der Waals surface area contributed by atoms with Gasteiger partial charge in [0, 0.05) is 12.5 Å². The standard InChI is InChI=1S/C12H16O2/c1-9(2)8-14-11-4-3-10-5-6-13-12(10)7-11/h3-4,7,9H,5-6,8H2,1-2H3. The molecule has 76 valence electrons. The Morgan fingerprint density at radius 2 is 2.29 bits per heavy atom. The second-order valence-corrected chi connectivity index (χ2v) is 4.07. The molecule has 0 spiro atoms. The molecule has 2 rings (SSSR count). The van der Waals surface area contributed by atoms with Crippen LogP contribution in [-0.2, 0) is 6.42 Å². The summed E-state index contributed by atoms with van der Waals surface area (Å²) in [5.41, 5.74) is 1.29. The molecular weight excluding hydrogens is 176 g/mol. The molecule has 0 bridgehead atoms. The largest absolute Gasteiger partial charge is 0.493 e. The van der Waals surface area contributed by atoms with Gasteiger partial charge in [0.2, 0.25) is 0 Å². The number of ether oxygens (including phenoxy) is 2. The van der Waals surface area contributed by atoms with Crippen LogP contribution in [0.25, 0.3) is 0 Å². The van der Waals surface area contributed by atoms with Crippen molar-refractivity contribution in [3.8, 4) is 11.5 Å². The van der Waals surface area contributed by atoms with Crippen LogP contribution in [0.5, 0.6) is 11.5 Å². The highest BCUT2D eigenvalue weighted by molar-refractivity contribution is 5.42. The summed E-state index contributed by atoms with van der Waals surface area (Å²) in [6.45, 7) is 5.86. The van der Waals surface area contributed by atoms with Gasteiger partial charge in [0.05, 0.1) is 13.2 Å². The summed E-state index contributed by atoms with van der Waals surface area (Å²) in [5.74, 6) is 2.47. The third-order valence-electron chi connectivity index (χ3n) is 2.25. The second-order valence-electron chi connectivity index (χ2n) is 4.07. The lowest BCUT2D eigenvalue weighted by Gasteiger charge is -2.09. The zero-order chi connectivity index (χ0) is 9.97. The van der Waals surface area contributed by atoms with Crippen molar-refractivity contribution < 1.29 is 9.47 Å². The molecule has 14 heavy (non-hydrogen) atoms. The maximum atomic E-state index is 5.61. The molecule has 2 heteroatoms. The second kappa shape index (κ2) is 3.91. The zero-order valence-corrected chi connectivity index (χ0v) is 8.75. The highest BCUT2D eigenvalue weighted by atomic mass is 16.5. The van der Waals surface area contributed by atoms with Gasteiger partial charge in [-0.1, -0.05) is 19.9 Å². The molecule has 0 N–H and O–H groups in total. The van der Waals surface area contributed by atoms with Gasteiger partial charge in [-0.25, -0.2) is 0 Å². The average molecular weight is 192 g/mol. The number of benzene rings is 1. The number of hydrogen-bond acceptors (Lipinski definition) is 2. The summed E-state index contributed by atoms with van der Waals surface area (Å²) >= 11 is 0. The minimum Gasteiger partial charge on any atom is -0.493 e. The van der Waals surface area contributed by atoms with E-state index in [1.165, 1.54) is 5.56 Å². The first-order chi connectivity index (χ1) is 6.75. The molecular formula is C12H16O2. The van der Waals surface area contributed by atoms with E-state index in [0.717, 1.165) is 31.1 Å². The fourth-order valence-electron chi connectivity index (χ4n) is 1.50. The van der Waals surface area contributed by atoms with Crippen molar-refractivity contribution in [1.82, 2.24) is 0 Å². The van der Waals surface area contributed by atoms with Gasteiger partial charge in [-0.3, -0.25) is 0 Å². The average Bonchev–Trinajstić information content (AvgIpc) is 2.61. The molecule has 0 unspecified atom stereocenters. The van der Waals surface area contributed by atoms with E-state index in [1.54, 1.807) is 0 Å². The fourth-order valence-corrected chi connectivity index (χ4v) is 1.50.